The highest BCUT2D eigenvalue weighted by atomic mass is 32.1. The third-order valence-electron chi connectivity index (χ3n) is 7.61. The third-order valence-corrected chi connectivity index (χ3v) is 15.1. The molecular formula is C31H32SSi. The van der Waals surface area contributed by atoms with Crippen LogP contribution in [0.2, 0.25) is 16.6 Å². The molecule has 33 heavy (non-hydrogen) atoms. The Morgan fingerprint density at radius 2 is 1.30 bits per heavy atom. The number of hydrogen-bond donors (Lipinski definition) is 0. The predicted molar refractivity (Wildman–Crippen MR) is 152 cm³/mol. The lowest BCUT2D eigenvalue weighted by Crippen LogP contribution is -2.43. The molecule has 0 fully saturated rings. The second kappa shape index (κ2) is 8.31. The molecular weight excluding hydrogens is 432 g/mol. The summed E-state index contributed by atoms with van der Waals surface area (Å²) in [5, 5.41) is 7.96. The molecule has 5 aromatic rings. The van der Waals surface area contributed by atoms with E-state index in [-0.39, 0.29) is 0 Å². The molecule has 2 heteroatoms. The summed E-state index contributed by atoms with van der Waals surface area (Å²) in [7, 11) is -1.74. The SMILES string of the molecule is CC(C)[Si](C#Cc1ccc2sc3c4cc5ccccc5cc4ccc3c2c1)(C(C)C)C(C)C. The molecule has 0 amide bonds. The van der Waals surface area contributed by atoms with Gasteiger partial charge in [0.15, 0.2) is 0 Å². The smallest absolute Gasteiger partial charge is 0.135 e. The first-order valence-electron chi connectivity index (χ1n) is 12.1. The van der Waals surface area contributed by atoms with Gasteiger partial charge in [-0.05, 0) is 63.1 Å². The highest BCUT2D eigenvalue weighted by Crippen LogP contribution is 2.42. The molecule has 0 N–H and O–H groups in total. The molecule has 0 bridgehead atoms. The van der Waals surface area contributed by atoms with E-state index in [1.807, 2.05) is 11.3 Å². The molecule has 0 aliphatic carbocycles. The van der Waals surface area contributed by atoms with Gasteiger partial charge in [0, 0.05) is 31.1 Å². The minimum atomic E-state index is -1.74. The van der Waals surface area contributed by atoms with Crippen LogP contribution in [0.25, 0.3) is 41.7 Å². The van der Waals surface area contributed by atoms with Crippen LogP contribution in [0.3, 0.4) is 0 Å². The van der Waals surface area contributed by atoms with Crippen LogP contribution in [0.1, 0.15) is 47.1 Å². The fourth-order valence-corrected chi connectivity index (χ4v) is 12.4. The topological polar surface area (TPSA) is 0 Å². The first-order chi connectivity index (χ1) is 15.8. The number of hydrogen-bond acceptors (Lipinski definition) is 1. The van der Waals surface area contributed by atoms with E-state index in [1.165, 1.54) is 41.7 Å². The Hall–Kier alpha value is -2.60. The number of rotatable bonds is 3. The molecule has 0 saturated heterocycles. The predicted octanol–water partition coefficient (Wildman–Crippen LogP) is 9.93. The Morgan fingerprint density at radius 1 is 0.636 bits per heavy atom. The standard InChI is InChI=1S/C31H32SSi/c1-20(2)33(21(3)4,22(5)6)16-15-23-11-14-30-29(17-23)27-13-12-26-18-24-9-7-8-10-25(24)19-28(26)31(27)32-30/h7-14,17-22H,1-6H3. The maximum absolute atomic E-state index is 3.89. The quantitative estimate of drug-likeness (QED) is 0.141. The molecule has 5 rings (SSSR count). The van der Waals surface area contributed by atoms with Gasteiger partial charge >= 0.3 is 0 Å². The van der Waals surface area contributed by atoms with Gasteiger partial charge in [0.05, 0.1) is 0 Å². The monoisotopic (exact) mass is 464 g/mol. The average molecular weight is 465 g/mol. The van der Waals surface area contributed by atoms with E-state index in [1.54, 1.807) is 0 Å². The molecule has 0 aliphatic heterocycles. The van der Waals surface area contributed by atoms with E-state index in [0.29, 0.717) is 16.6 Å². The molecule has 0 radical (unpaired) electrons. The van der Waals surface area contributed by atoms with E-state index < -0.39 is 8.07 Å². The zero-order chi connectivity index (χ0) is 23.3. The van der Waals surface area contributed by atoms with Crippen LogP contribution in [0, 0.1) is 11.5 Å². The van der Waals surface area contributed by atoms with Gasteiger partial charge in [-0.25, -0.2) is 0 Å². The van der Waals surface area contributed by atoms with E-state index in [9.17, 15) is 0 Å². The van der Waals surface area contributed by atoms with Crippen molar-refractivity contribution in [3.63, 3.8) is 0 Å². The minimum absolute atomic E-state index is 0.650. The van der Waals surface area contributed by atoms with E-state index in [2.05, 4.69) is 120 Å². The second-order valence-corrected chi connectivity index (χ2v) is 17.0. The Balaban J connectivity index is 1.68. The number of benzene rings is 4. The first kappa shape index (κ1) is 22.2. The lowest BCUT2D eigenvalue weighted by Gasteiger charge is -2.38. The van der Waals surface area contributed by atoms with Crippen molar-refractivity contribution in [3.8, 4) is 11.5 Å². The lowest BCUT2D eigenvalue weighted by atomic mass is 10.0. The molecule has 0 nitrogen and oxygen atoms in total. The Bertz CT molecular complexity index is 1530. The van der Waals surface area contributed by atoms with Gasteiger partial charge in [-0.3, -0.25) is 0 Å². The molecule has 0 atom stereocenters. The zero-order valence-corrected chi connectivity index (χ0v) is 22.3. The van der Waals surface area contributed by atoms with Gasteiger partial charge < -0.3 is 0 Å². The number of thiophene rings is 1. The first-order valence-corrected chi connectivity index (χ1v) is 15.2. The summed E-state index contributed by atoms with van der Waals surface area (Å²) in [4.78, 5) is 0. The minimum Gasteiger partial charge on any atom is -0.135 e. The average Bonchev–Trinajstić information content (AvgIpc) is 3.16. The lowest BCUT2D eigenvalue weighted by molar-refractivity contribution is 0.838. The van der Waals surface area contributed by atoms with E-state index in [0.717, 1.165) is 5.56 Å². The summed E-state index contributed by atoms with van der Waals surface area (Å²) in [6, 6.07) is 24.7. The maximum Gasteiger partial charge on any atom is 0.146 e. The number of fused-ring (bicyclic) bond motifs is 6. The van der Waals surface area contributed by atoms with Crippen molar-refractivity contribution in [2.75, 3.05) is 0 Å². The van der Waals surface area contributed by atoms with Gasteiger partial charge in [0.1, 0.15) is 8.07 Å². The van der Waals surface area contributed by atoms with E-state index >= 15 is 0 Å². The van der Waals surface area contributed by atoms with Crippen LogP contribution >= 0.6 is 11.3 Å². The van der Waals surface area contributed by atoms with Gasteiger partial charge in [0.2, 0.25) is 0 Å². The van der Waals surface area contributed by atoms with Gasteiger partial charge in [-0.15, -0.1) is 16.9 Å². The van der Waals surface area contributed by atoms with Crippen LogP contribution in [0.15, 0.2) is 66.7 Å². The van der Waals surface area contributed by atoms with Crippen molar-refractivity contribution in [3.05, 3.63) is 72.3 Å². The third kappa shape index (κ3) is 3.59. The van der Waals surface area contributed by atoms with Gasteiger partial charge in [-0.1, -0.05) is 83.9 Å². The summed E-state index contributed by atoms with van der Waals surface area (Å²) >= 11 is 1.91. The second-order valence-electron chi connectivity index (χ2n) is 10.3. The van der Waals surface area contributed by atoms with Crippen LogP contribution < -0.4 is 0 Å². The van der Waals surface area contributed by atoms with Crippen molar-refractivity contribution >= 4 is 61.1 Å². The highest BCUT2D eigenvalue weighted by molar-refractivity contribution is 7.26. The Labute approximate surface area is 202 Å². The van der Waals surface area contributed by atoms with Crippen molar-refractivity contribution in [1.29, 1.82) is 0 Å². The molecule has 1 aromatic heterocycles. The van der Waals surface area contributed by atoms with Crippen LogP contribution in [-0.4, -0.2) is 8.07 Å². The fraction of sp³-hybridized carbons (Fsp3) is 0.290. The summed E-state index contributed by atoms with van der Waals surface area (Å²) in [6.45, 7) is 14.3. The molecule has 0 saturated carbocycles. The van der Waals surface area contributed by atoms with Crippen molar-refractivity contribution in [2.24, 2.45) is 0 Å². The van der Waals surface area contributed by atoms with Gasteiger partial charge in [-0.2, -0.15) is 0 Å². The van der Waals surface area contributed by atoms with Crippen LogP contribution in [0.4, 0.5) is 0 Å². The van der Waals surface area contributed by atoms with Gasteiger partial charge in [0.25, 0.3) is 0 Å². The molecule has 166 valence electrons. The Morgan fingerprint density at radius 3 is 1.97 bits per heavy atom. The van der Waals surface area contributed by atoms with Crippen molar-refractivity contribution < 1.29 is 0 Å². The van der Waals surface area contributed by atoms with E-state index in [4.69, 9.17) is 0 Å². The summed E-state index contributed by atoms with van der Waals surface area (Å²) < 4.78 is 2.73. The molecule has 4 aromatic carbocycles. The highest BCUT2D eigenvalue weighted by Gasteiger charge is 2.41. The molecule has 0 spiro atoms. The fourth-order valence-electron chi connectivity index (χ4n) is 5.94. The van der Waals surface area contributed by atoms with Crippen LogP contribution in [-0.2, 0) is 0 Å². The maximum atomic E-state index is 3.89. The Kier molecular flexibility index (Phi) is 5.59. The van der Waals surface area contributed by atoms with Crippen molar-refractivity contribution in [2.45, 2.75) is 58.2 Å². The molecule has 0 aliphatic rings. The van der Waals surface area contributed by atoms with Crippen LogP contribution in [0.5, 0.6) is 0 Å². The zero-order valence-electron chi connectivity index (χ0n) is 20.5. The van der Waals surface area contributed by atoms with Crippen molar-refractivity contribution in [1.82, 2.24) is 0 Å². The largest absolute Gasteiger partial charge is 0.146 e. The summed E-state index contributed by atoms with van der Waals surface area (Å²) in [6.07, 6.45) is 0. The molecule has 0 unspecified atom stereocenters. The normalized spacial score (nSPS) is 12.5. The summed E-state index contributed by atoms with van der Waals surface area (Å²) in [5.74, 6) is 3.65. The molecule has 1 heterocycles. The summed E-state index contributed by atoms with van der Waals surface area (Å²) in [5.41, 5.74) is 7.00.